The maximum atomic E-state index is 13.4. The standard InChI is InChI=1S/C14H29F/c1-6-8-13(10-14(15)7-2)9-12(5)11(3)4/h11-14H,6-10H2,1-5H3. The largest absolute Gasteiger partial charge is 0.247 e. The second-order valence-corrected chi connectivity index (χ2v) is 5.35. The van der Waals surface area contributed by atoms with Crippen molar-refractivity contribution >= 4 is 0 Å². The van der Waals surface area contributed by atoms with E-state index in [2.05, 4.69) is 27.7 Å². The molecule has 1 heteroatoms. The normalized spacial score (nSPS) is 17.8. The Bertz CT molecular complexity index is 142. The molecule has 0 aliphatic rings. The number of hydrogen-bond donors (Lipinski definition) is 0. The van der Waals surface area contributed by atoms with Crippen LogP contribution in [-0.2, 0) is 0 Å². The van der Waals surface area contributed by atoms with Crippen LogP contribution < -0.4 is 0 Å². The van der Waals surface area contributed by atoms with Crippen molar-refractivity contribution in [2.45, 2.75) is 72.9 Å². The zero-order chi connectivity index (χ0) is 11.8. The molecule has 0 aliphatic heterocycles. The molecule has 3 atom stereocenters. The van der Waals surface area contributed by atoms with E-state index < -0.39 is 6.17 Å². The smallest absolute Gasteiger partial charge is 0.100 e. The first-order valence-corrected chi connectivity index (χ1v) is 6.65. The molecule has 0 amide bonds. The van der Waals surface area contributed by atoms with Gasteiger partial charge in [-0.25, -0.2) is 4.39 Å². The minimum absolute atomic E-state index is 0.582. The van der Waals surface area contributed by atoms with Gasteiger partial charge in [0.15, 0.2) is 0 Å². The van der Waals surface area contributed by atoms with E-state index in [0.717, 1.165) is 18.3 Å². The van der Waals surface area contributed by atoms with Crippen molar-refractivity contribution in [3.8, 4) is 0 Å². The lowest BCUT2D eigenvalue weighted by Crippen LogP contribution is -2.15. The maximum Gasteiger partial charge on any atom is 0.100 e. The number of hydrogen-bond acceptors (Lipinski definition) is 0. The number of alkyl halides is 1. The molecule has 92 valence electrons. The van der Waals surface area contributed by atoms with Crippen LogP contribution in [0.4, 0.5) is 4.39 Å². The highest BCUT2D eigenvalue weighted by Gasteiger charge is 2.18. The molecule has 0 saturated heterocycles. The van der Waals surface area contributed by atoms with Crippen LogP contribution in [-0.4, -0.2) is 6.17 Å². The maximum absolute atomic E-state index is 13.4. The molecular formula is C14H29F. The van der Waals surface area contributed by atoms with E-state index in [0.29, 0.717) is 12.3 Å². The molecule has 0 fully saturated rings. The summed E-state index contributed by atoms with van der Waals surface area (Å²) in [6, 6.07) is 0. The Morgan fingerprint density at radius 1 is 1.00 bits per heavy atom. The quantitative estimate of drug-likeness (QED) is 0.521. The molecule has 15 heavy (non-hydrogen) atoms. The molecular weight excluding hydrogens is 187 g/mol. The summed E-state index contributed by atoms with van der Waals surface area (Å²) in [7, 11) is 0. The molecule has 3 unspecified atom stereocenters. The summed E-state index contributed by atoms with van der Waals surface area (Å²) in [5.41, 5.74) is 0. The van der Waals surface area contributed by atoms with E-state index in [1.54, 1.807) is 0 Å². The van der Waals surface area contributed by atoms with Crippen LogP contribution in [0.2, 0.25) is 0 Å². The molecule has 0 aliphatic carbocycles. The summed E-state index contributed by atoms with van der Waals surface area (Å²) in [5.74, 6) is 2.05. The third-order valence-corrected chi connectivity index (χ3v) is 3.57. The van der Waals surface area contributed by atoms with Gasteiger partial charge in [-0.3, -0.25) is 0 Å². The van der Waals surface area contributed by atoms with Gasteiger partial charge in [0.2, 0.25) is 0 Å². The first kappa shape index (κ1) is 14.9. The summed E-state index contributed by atoms with van der Waals surface area (Å²) in [5, 5.41) is 0. The van der Waals surface area contributed by atoms with Gasteiger partial charge in [-0.15, -0.1) is 0 Å². The van der Waals surface area contributed by atoms with E-state index in [9.17, 15) is 4.39 Å². The molecule has 0 rings (SSSR count). The predicted octanol–water partition coefficient (Wildman–Crippen LogP) is 5.22. The highest BCUT2D eigenvalue weighted by atomic mass is 19.1. The van der Waals surface area contributed by atoms with Crippen LogP contribution >= 0.6 is 0 Å². The Kier molecular flexibility index (Phi) is 8.09. The lowest BCUT2D eigenvalue weighted by Gasteiger charge is -2.24. The van der Waals surface area contributed by atoms with E-state index in [1.165, 1.54) is 19.3 Å². The molecule has 0 nitrogen and oxygen atoms in total. The molecule has 0 aromatic rings. The molecule has 0 saturated carbocycles. The molecule has 0 bridgehead atoms. The molecule has 0 N–H and O–H groups in total. The van der Waals surface area contributed by atoms with Gasteiger partial charge >= 0.3 is 0 Å². The van der Waals surface area contributed by atoms with Gasteiger partial charge in [0, 0.05) is 0 Å². The van der Waals surface area contributed by atoms with Crippen molar-refractivity contribution < 1.29 is 4.39 Å². The van der Waals surface area contributed by atoms with Crippen LogP contribution in [0, 0.1) is 17.8 Å². The molecule has 0 heterocycles. The predicted molar refractivity (Wildman–Crippen MR) is 66.8 cm³/mol. The van der Waals surface area contributed by atoms with Crippen LogP contribution in [0.1, 0.15) is 66.7 Å². The van der Waals surface area contributed by atoms with Crippen molar-refractivity contribution in [2.24, 2.45) is 17.8 Å². The van der Waals surface area contributed by atoms with E-state index in [4.69, 9.17) is 0 Å². The van der Waals surface area contributed by atoms with Gasteiger partial charge in [0.1, 0.15) is 6.17 Å². The van der Waals surface area contributed by atoms with Crippen molar-refractivity contribution in [3.63, 3.8) is 0 Å². The Balaban J connectivity index is 4.02. The first-order chi connectivity index (χ1) is 7.01. The van der Waals surface area contributed by atoms with Gasteiger partial charge in [0.05, 0.1) is 0 Å². The fourth-order valence-corrected chi connectivity index (χ4v) is 2.07. The Morgan fingerprint density at radius 3 is 2.00 bits per heavy atom. The fraction of sp³-hybridized carbons (Fsp3) is 1.00. The zero-order valence-corrected chi connectivity index (χ0v) is 11.2. The van der Waals surface area contributed by atoms with Gasteiger partial charge in [-0.1, -0.05) is 47.5 Å². The highest BCUT2D eigenvalue weighted by molar-refractivity contribution is 4.69. The van der Waals surface area contributed by atoms with Crippen LogP contribution in [0.3, 0.4) is 0 Å². The summed E-state index contributed by atoms with van der Waals surface area (Å²) in [6.45, 7) is 11.0. The molecule has 0 radical (unpaired) electrons. The van der Waals surface area contributed by atoms with Crippen molar-refractivity contribution in [3.05, 3.63) is 0 Å². The second kappa shape index (κ2) is 8.13. The van der Waals surface area contributed by atoms with E-state index in [1.807, 2.05) is 6.92 Å². The second-order valence-electron chi connectivity index (χ2n) is 5.35. The van der Waals surface area contributed by atoms with Gasteiger partial charge in [0.25, 0.3) is 0 Å². The zero-order valence-electron chi connectivity index (χ0n) is 11.2. The van der Waals surface area contributed by atoms with Crippen LogP contribution in [0.15, 0.2) is 0 Å². The monoisotopic (exact) mass is 216 g/mol. The fourth-order valence-electron chi connectivity index (χ4n) is 2.07. The first-order valence-electron chi connectivity index (χ1n) is 6.65. The van der Waals surface area contributed by atoms with Crippen molar-refractivity contribution in [1.29, 1.82) is 0 Å². The third kappa shape index (κ3) is 6.92. The topological polar surface area (TPSA) is 0 Å². The Labute approximate surface area is 95.6 Å². The molecule has 0 aromatic heterocycles. The lowest BCUT2D eigenvalue weighted by atomic mass is 9.83. The highest BCUT2D eigenvalue weighted by Crippen LogP contribution is 2.27. The Hall–Kier alpha value is -0.0700. The lowest BCUT2D eigenvalue weighted by molar-refractivity contribution is 0.216. The van der Waals surface area contributed by atoms with E-state index >= 15 is 0 Å². The average Bonchev–Trinajstić information content (AvgIpc) is 2.17. The van der Waals surface area contributed by atoms with Gasteiger partial charge in [-0.05, 0) is 37.0 Å². The summed E-state index contributed by atoms with van der Waals surface area (Å²) in [4.78, 5) is 0. The number of halogens is 1. The van der Waals surface area contributed by atoms with Gasteiger partial charge in [-0.2, -0.15) is 0 Å². The Morgan fingerprint density at radius 2 is 1.60 bits per heavy atom. The van der Waals surface area contributed by atoms with Gasteiger partial charge < -0.3 is 0 Å². The minimum Gasteiger partial charge on any atom is -0.247 e. The van der Waals surface area contributed by atoms with E-state index in [-0.39, 0.29) is 0 Å². The summed E-state index contributed by atoms with van der Waals surface area (Å²) in [6.07, 6.45) is 4.45. The van der Waals surface area contributed by atoms with Crippen molar-refractivity contribution in [1.82, 2.24) is 0 Å². The summed E-state index contributed by atoms with van der Waals surface area (Å²) >= 11 is 0. The minimum atomic E-state index is -0.582. The number of rotatable bonds is 8. The average molecular weight is 216 g/mol. The van der Waals surface area contributed by atoms with Crippen LogP contribution in [0.5, 0.6) is 0 Å². The van der Waals surface area contributed by atoms with Crippen LogP contribution in [0.25, 0.3) is 0 Å². The summed E-state index contributed by atoms with van der Waals surface area (Å²) < 4.78 is 13.4. The van der Waals surface area contributed by atoms with Crippen molar-refractivity contribution in [2.75, 3.05) is 0 Å². The SMILES string of the molecule is CCCC(CC(F)CC)CC(C)C(C)C. The molecule has 0 spiro atoms. The third-order valence-electron chi connectivity index (χ3n) is 3.57. The molecule has 0 aromatic carbocycles.